The Balaban J connectivity index is 2.00. The molecule has 2 aromatic carbocycles. The monoisotopic (exact) mass is 325 g/mol. The van der Waals surface area contributed by atoms with Gasteiger partial charge in [-0.1, -0.05) is 44.2 Å². The molecule has 24 heavy (non-hydrogen) atoms. The summed E-state index contributed by atoms with van der Waals surface area (Å²) >= 11 is 0. The van der Waals surface area contributed by atoms with Crippen LogP contribution in [0.25, 0.3) is 11.1 Å². The van der Waals surface area contributed by atoms with Gasteiger partial charge in [-0.3, -0.25) is 0 Å². The normalized spacial score (nSPS) is 18.5. The molecule has 0 aliphatic heterocycles. The lowest BCUT2D eigenvalue weighted by atomic mass is 9.70. The SMILES string of the molecule is COc1cccc(-c2ccc3c(c2)CCC(C)(C)[C@@H]3NC(=O)O)c1. The maximum absolute atomic E-state index is 11.2. The van der Waals surface area contributed by atoms with Crippen LogP contribution in [-0.4, -0.2) is 18.3 Å². The van der Waals surface area contributed by atoms with E-state index < -0.39 is 6.09 Å². The van der Waals surface area contributed by atoms with E-state index in [1.807, 2.05) is 18.2 Å². The lowest BCUT2D eigenvalue weighted by Gasteiger charge is -2.40. The highest BCUT2D eigenvalue weighted by Gasteiger charge is 2.36. The van der Waals surface area contributed by atoms with Crippen LogP contribution < -0.4 is 10.1 Å². The standard InChI is InChI=1S/C20H23NO3/c1-20(2)10-9-15-11-14(13-5-4-6-16(12-13)24-3)7-8-17(15)18(20)21-19(22)23/h4-8,11-12,18,21H,9-10H2,1-3H3,(H,22,23)/t18-/m1/s1. The molecular formula is C20H23NO3. The Morgan fingerprint density at radius 3 is 2.67 bits per heavy atom. The van der Waals surface area contributed by atoms with E-state index in [2.05, 4.69) is 43.4 Å². The van der Waals surface area contributed by atoms with Crippen LogP contribution in [0.15, 0.2) is 42.5 Å². The third kappa shape index (κ3) is 3.09. The Morgan fingerprint density at radius 1 is 1.21 bits per heavy atom. The van der Waals surface area contributed by atoms with Gasteiger partial charge in [-0.25, -0.2) is 4.79 Å². The molecule has 0 heterocycles. The molecule has 4 heteroatoms. The predicted octanol–water partition coefficient (Wildman–Crippen LogP) is 4.64. The molecule has 2 aromatic rings. The van der Waals surface area contributed by atoms with Crippen molar-refractivity contribution in [1.82, 2.24) is 5.32 Å². The second kappa shape index (κ2) is 6.19. The zero-order chi connectivity index (χ0) is 17.3. The number of methoxy groups -OCH3 is 1. The highest BCUT2D eigenvalue weighted by Crippen LogP contribution is 2.44. The van der Waals surface area contributed by atoms with Crippen molar-refractivity contribution < 1.29 is 14.6 Å². The summed E-state index contributed by atoms with van der Waals surface area (Å²) in [7, 11) is 1.66. The van der Waals surface area contributed by atoms with Gasteiger partial charge in [-0.15, -0.1) is 0 Å². The van der Waals surface area contributed by atoms with Crippen molar-refractivity contribution in [3.63, 3.8) is 0 Å². The van der Waals surface area contributed by atoms with Crippen LogP contribution in [-0.2, 0) is 6.42 Å². The fourth-order valence-corrected chi connectivity index (χ4v) is 3.50. The van der Waals surface area contributed by atoms with Crippen LogP contribution in [0.4, 0.5) is 4.79 Å². The Morgan fingerprint density at radius 2 is 1.96 bits per heavy atom. The summed E-state index contributed by atoms with van der Waals surface area (Å²) in [6, 6.07) is 14.1. The number of carbonyl (C=O) groups is 1. The molecule has 0 unspecified atom stereocenters. The molecule has 1 atom stereocenters. The lowest BCUT2D eigenvalue weighted by molar-refractivity contribution is 0.161. The van der Waals surface area contributed by atoms with Crippen molar-refractivity contribution in [3.05, 3.63) is 53.6 Å². The first-order chi connectivity index (χ1) is 11.4. The summed E-state index contributed by atoms with van der Waals surface area (Å²) in [6.45, 7) is 4.24. The van der Waals surface area contributed by atoms with Crippen molar-refractivity contribution in [2.45, 2.75) is 32.7 Å². The van der Waals surface area contributed by atoms with E-state index in [-0.39, 0.29) is 11.5 Å². The first-order valence-corrected chi connectivity index (χ1v) is 8.17. The average molecular weight is 325 g/mol. The first kappa shape index (κ1) is 16.4. The topological polar surface area (TPSA) is 58.6 Å². The zero-order valence-corrected chi connectivity index (χ0v) is 14.3. The molecule has 1 aliphatic rings. The van der Waals surface area contributed by atoms with Crippen molar-refractivity contribution >= 4 is 6.09 Å². The molecule has 2 N–H and O–H groups in total. The van der Waals surface area contributed by atoms with Crippen molar-refractivity contribution in [2.24, 2.45) is 5.41 Å². The van der Waals surface area contributed by atoms with Gasteiger partial charge in [0, 0.05) is 0 Å². The number of hydrogen-bond donors (Lipinski definition) is 2. The Kier molecular flexibility index (Phi) is 4.22. The molecular weight excluding hydrogens is 302 g/mol. The smallest absolute Gasteiger partial charge is 0.405 e. The van der Waals surface area contributed by atoms with E-state index in [1.165, 1.54) is 5.56 Å². The number of carboxylic acid groups (broad SMARTS) is 1. The molecule has 0 fully saturated rings. The predicted molar refractivity (Wildman–Crippen MR) is 94.4 cm³/mol. The Labute approximate surface area is 142 Å². The summed E-state index contributed by atoms with van der Waals surface area (Å²) in [5.41, 5.74) is 4.43. The molecule has 0 saturated heterocycles. The Hall–Kier alpha value is -2.49. The fraction of sp³-hybridized carbons (Fsp3) is 0.350. The second-order valence-corrected chi connectivity index (χ2v) is 7.02. The van der Waals surface area contributed by atoms with Gasteiger partial charge >= 0.3 is 6.09 Å². The molecule has 0 bridgehead atoms. The van der Waals surface area contributed by atoms with E-state index in [4.69, 9.17) is 4.74 Å². The molecule has 0 radical (unpaired) electrons. The van der Waals surface area contributed by atoms with Crippen LogP contribution in [0.2, 0.25) is 0 Å². The number of ether oxygens (including phenoxy) is 1. The Bertz CT molecular complexity index is 767. The van der Waals surface area contributed by atoms with E-state index in [1.54, 1.807) is 7.11 Å². The maximum Gasteiger partial charge on any atom is 0.405 e. The van der Waals surface area contributed by atoms with Crippen LogP contribution in [0, 0.1) is 5.41 Å². The largest absolute Gasteiger partial charge is 0.497 e. The molecule has 1 amide bonds. The van der Waals surface area contributed by atoms with Crippen LogP contribution in [0.5, 0.6) is 5.75 Å². The van der Waals surface area contributed by atoms with E-state index in [9.17, 15) is 9.90 Å². The maximum atomic E-state index is 11.2. The minimum absolute atomic E-state index is 0.0944. The van der Waals surface area contributed by atoms with Crippen LogP contribution >= 0.6 is 0 Å². The molecule has 126 valence electrons. The molecule has 0 saturated carbocycles. The summed E-state index contributed by atoms with van der Waals surface area (Å²) in [6.07, 6.45) is 0.933. The molecule has 4 nitrogen and oxygen atoms in total. The van der Waals surface area contributed by atoms with Gasteiger partial charge in [-0.2, -0.15) is 0 Å². The average Bonchev–Trinajstić information content (AvgIpc) is 2.57. The van der Waals surface area contributed by atoms with Gasteiger partial charge in [0.15, 0.2) is 0 Å². The number of rotatable bonds is 3. The van der Waals surface area contributed by atoms with Crippen molar-refractivity contribution in [1.29, 1.82) is 0 Å². The van der Waals surface area contributed by atoms with Crippen LogP contribution in [0.1, 0.15) is 37.4 Å². The van der Waals surface area contributed by atoms with Gasteiger partial charge in [0.1, 0.15) is 5.75 Å². The summed E-state index contributed by atoms with van der Waals surface area (Å²) in [5, 5.41) is 11.9. The van der Waals surface area contributed by atoms with E-state index >= 15 is 0 Å². The third-order valence-corrected chi connectivity index (χ3v) is 4.95. The van der Waals surface area contributed by atoms with Crippen LogP contribution in [0.3, 0.4) is 0 Å². The summed E-state index contributed by atoms with van der Waals surface area (Å²) < 4.78 is 5.30. The van der Waals surface area contributed by atoms with Gasteiger partial charge in [0.25, 0.3) is 0 Å². The minimum atomic E-state index is -0.974. The minimum Gasteiger partial charge on any atom is -0.497 e. The molecule has 1 aliphatic carbocycles. The van der Waals surface area contributed by atoms with Gasteiger partial charge < -0.3 is 15.2 Å². The number of fused-ring (bicyclic) bond motifs is 1. The molecule has 0 spiro atoms. The van der Waals surface area contributed by atoms with Gasteiger partial charge in [0.2, 0.25) is 0 Å². The molecule has 3 rings (SSSR count). The highest BCUT2D eigenvalue weighted by atomic mass is 16.5. The lowest BCUT2D eigenvalue weighted by Crippen LogP contribution is -2.40. The third-order valence-electron chi connectivity index (χ3n) is 4.95. The fourth-order valence-electron chi connectivity index (χ4n) is 3.50. The number of nitrogens with one attached hydrogen (secondary N) is 1. The first-order valence-electron chi connectivity index (χ1n) is 8.17. The van der Waals surface area contributed by atoms with Crippen molar-refractivity contribution in [2.75, 3.05) is 7.11 Å². The van der Waals surface area contributed by atoms with E-state index in [0.29, 0.717) is 0 Å². The van der Waals surface area contributed by atoms with Crippen molar-refractivity contribution in [3.8, 4) is 16.9 Å². The van der Waals surface area contributed by atoms with E-state index in [0.717, 1.165) is 35.3 Å². The van der Waals surface area contributed by atoms with Gasteiger partial charge in [0.05, 0.1) is 13.2 Å². The number of benzene rings is 2. The summed E-state index contributed by atoms with van der Waals surface area (Å²) in [4.78, 5) is 11.2. The van der Waals surface area contributed by atoms with Gasteiger partial charge in [-0.05, 0) is 52.6 Å². The summed E-state index contributed by atoms with van der Waals surface area (Å²) in [5.74, 6) is 0.830. The molecule has 0 aromatic heterocycles. The quantitative estimate of drug-likeness (QED) is 0.864. The number of amides is 1. The number of hydrogen-bond acceptors (Lipinski definition) is 2. The number of aryl methyl sites for hydroxylation is 1. The zero-order valence-electron chi connectivity index (χ0n) is 14.3. The highest BCUT2D eigenvalue weighted by molar-refractivity contribution is 5.68. The second-order valence-electron chi connectivity index (χ2n) is 7.02.